The number of hydrogen-bond acceptors (Lipinski definition) is 6. The third-order valence-electron chi connectivity index (χ3n) is 4.95. The molecule has 2 N–H and O–H groups in total. The van der Waals surface area contributed by atoms with Crippen LogP contribution in [0, 0.1) is 0 Å². The van der Waals surface area contributed by atoms with E-state index in [1.54, 1.807) is 12.1 Å². The molecule has 0 unspecified atom stereocenters. The second-order valence-electron chi connectivity index (χ2n) is 7.55. The van der Waals surface area contributed by atoms with Gasteiger partial charge in [0, 0.05) is 24.5 Å². The number of rotatable bonds is 7. The molecular formula is C22H27N3O5S. The van der Waals surface area contributed by atoms with Crippen molar-refractivity contribution >= 4 is 39.0 Å². The van der Waals surface area contributed by atoms with Crippen LogP contribution >= 0.6 is 0 Å². The average Bonchev–Trinajstić information content (AvgIpc) is 2.74. The third kappa shape index (κ3) is 6.45. The van der Waals surface area contributed by atoms with Gasteiger partial charge in [-0.3, -0.25) is 9.52 Å². The minimum absolute atomic E-state index is 0.0264. The molecule has 3 rings (SSSR count). The number of esters is 1. The van der Waals surface area contributed by atoms with E-state index in [4.69, 9.17) is 4.74 Å². The first-order valence-corrected chi connectivity index (χ1v) is 12.1. The molecule has 1 saturated heterocycles. The quantitative estimate of drug-likeness (QED) is 0.634. The lowest BCUT2D eigenvalue weighted by Gasteiger charge is -2.28. The fourth-order valence-corrected chi connectivity index (χ4v) is 3.96. The van der Waals surface area contributed by atoms with E-state index in [2.05, 4.69) is 14.9 Å². The van der Waals surface area contributed by atoms with Gasteiger partial charge in [0.2, 0.25) is 10.0 Å². The molecule has 1 fully saturated rings. The lowest BCUT2D eigenvalue weighted by Crippen LogP contribution is -2.30. The van der Waals surface area contributed by atoms with Crippen LogP contribution in [0.3, 0.4) is 0 Å². The Labute approximate surface area is 182 Å². The zero-order chi connectivity index (χ0) is 22.4. The maximum atomic E-state index is 12.5. The molecular weight excluding hydrogens is 418 g/mol. The number of ether oxygens (including phenoxy) is 1. The lowest BCUT2D eigenvalue weighted by atomic mass is 10.1. The molecule has 1 aliphatic rings. The summed E-state index contributed by atoms with van der Waals surface area (Å²) in [6.07, 6.45) is 3.55. The molecule has 0 spiro atoms. The monoisotopic (exact) mass is 445 g/mol. The highest BCUT2D eigenvalue weighted by Crippen LogP contribution is 2.22. The predicted molar refractivity (Wildman–Crippen MR) is 121 cm³/mol. The van der Waals surface area contributed by atoms with E-state index in [9.17, 15) is 18.0 Å². The van der Waals surface area contributed by atoms with E-state index in [1.165, 1.54) is 38.3 Å². The molecule has 1 amide bonds. The normalized spacial score (nSPS) is 15.1. The van der Waals surface area contributed by atoms with Crippen LogP contribution in [0.5, 0.6) is 0 Å². The summed E-state index contributed by atoms with van der Waals surface area (Å²) in [5.74, 6) is -1.28. The summed E-state index contributed by atoms with van der Waals surface area (Å²) < 4.78 is 30.5. The van der Waals surface area contributed by atoms with Crippen LogP contribution < -0.4 is 14.9 Å². The van der Waals surface area contributed by atoms with Crippen LogP contribution in [0.2, 0.25) is 0 Å². The Kier molecular flexibility index (Phi) is 7.17. The SMILES string of the molecule is C[C@@H](OC(=O)c1ccccc1NS(C)(=O)=O)C(=O)Nc1ccc(N2CCCCC2)cc1. The fraction of sp³-hybridized carbons (Fsp3) is 0.364. The Morgan fingerprint density at radius 3 is 2.29 bits per heavy atom. The molecule has 8 nitrogen and oxygen atoms in total. The smallest absolute Gasteiger partial charge is 0.341 e. The summed E-state index contributed by atoms with van der Waals surface area (Å²) in [7, 11) is -3.57. The average molecular weight is 446 g/mol. The lowest BCUT2D eigenvalue weighted by molar-refractivity contribution is -0.123. The van der Waals surface area contributed by atoms with E-state index in [1.807, 2.05) is 24.3 Å². The van der Waals surface area contributed by atoms with Crippen LogP contribution in [0.15, 0.2) is 48.5 Å². The summed E-state index contributed by atoms with van der Waals surface area (Å²) in [5, 5.41) is 2.74. The van der Waals surface area contributed by atoms with Gasteiger partial charge in [0.1, 0.15) is 0 Å². The fourth-order valence-electron chi connectivity index (χ4n) is 3.38. The first-order valence-electron chi connectivity index (χ1n) is 10.2. The van der Waals surface area contributed by atoms with Crippen LogP contribution in [0.25, 0.3) is 0 Å². The molecule has 0 radical (unpaired) electrons. The van der Waals surface area contributed by atoms with Gasteiger partial charge in [-0.25, -0.2) is 13.2 Å². The zero-order valence-corrected chi connectivity index (χ0v) is 18.4. The van der Waals surface area contributed by atoms with Crippen molar-refractivity contribution in [1.29, 1.82) is 0 Å². The molecule has 1 atom stereocenters. The number of carbonyl (C=O) groups is 2. The van der Waals surface area contributed by atoms with Crippen molar-refractivity contribution in [3.8, 4) is 0 Å². The van der Waals surface area contributed by atoms with Crippen molar-refractivity contribution in [3.63, 3.8) is 0 Å². The minimum Gasteiger partial charge on any atom is -0.449 e. The number of nitrogens with zero attached hydrogens (tertiary/aromatic N) is 1. The summed E-state index contributed by atoms with van der Waals surface area (Å²) in [6, 6.07) is 13.6. The summed E-state index contributed by atoms with van der Waals surface area (Å²) in [6.45, 7) is 3.53. The molecule has 0 aromatic heterocycles. The van der Waals surface area contributed by atoms with Crippen molar-refractivity contribution in [2.45, 2.75) is 32.3 Å². The van der Waals surface area contributed by atoms with Gasteiger partial charge < -0.3 is 15.0 Å². The Hall–Kier alpha value is -3.07. The van der Waals surface area contributed by atoms with E-state index >= 15 is 0 Å². The number of anilines is 3. The van der Waals surface area contributed by atoms with E-state index in [0.29, 0.717) is 5.69 Å². The minimum atomic E-state index is -3.57. The van der Waals surface area contributed by atoms with Gasteiger partial charge >= 0.3 is 5.97 Å². The van der Waals surface area contributed by atoms with E-state index in [0.717, 1.165) is 25.0 Å². The van der Waals surface area contributed by atoms with Gasteiger partial charge in [0.25, 0.3) is 5.91 Å². The number of carbonyl (C=O) groups excluding carboxylic acids is 2. The zero-order valence-electron chi connectivity index (χ0n) is 17.6. The van der Waals surface area contributed by atoms with Crippen LogP contribution in [0.1, 0.15) is 36.5 Å². The number of nitrogens with one attached hydrogen (secondary N) is 2. The second kappa shape index (κ2) is 9.82. The first kappa shape index (κ1) is 22.6. The van der Waals surface area contributed by atoms with Crippen molar-refractivity contribution in [3.05, 3.63) is 54.1 Å². The first-order chi connectivity index (χ1) is 14.7. The molecule has 2 aromatic carbocycles. The molecule has 0 bridgehead atoms. The molecule has 31 heavy (non-hydrogen) atoms. The van der Waals surface area contributed by atoms with Gasteiger partial charge in [0.05, 0.1) is 17.5 Å². The van der Waals surface area contributed by atoms with Gasteiger partial charge in [0.15, 0.2) is 6.10 Å². The van der Waals surface area contributed by atoms with Gasteiger partial charge in [-0.1, -0.05) is 12.1 Å². The Balaban J connectivity index is 1.60. The Bertz CT molecular complexity index is 1030. The summed E-state index contributed by atoms with van der Waals surface area (Å²) in [4.78, 5) is 27.3. The van der Waals surface area contributed by atoms with Crippen molar-refractivity contribution in [2.75, 3.05) is 34.3 Å². The molecule has 1 heterocycles. The van der Waals surface area contributed by atoms with Gasteiger partial charge in [-0.15, -0.1) is 0 Å². The Morgan fingerprint density at radius 1 is 1.00 bits per heavy atom. The number of sulfonamides is 1. The highest BCUT2D eigenvalue weighted by molar-refractivity contribution is 7.92. The van der Waals surface area contributed by atoms with Gasteiger partial charge in [-0.05, 0) is 62.6 Å². The number of para-hydroxylation sites is 1. The highest BCUT2D eigenvalue weighted by atomic mass is 32.2. The molecule has 0 aliphatic carbocycles. The standard InChI is InChI=1S/C22H27N3O5S/c1-16(30-22(27)19-8-4-5-9-20(19)24-31(2,28)29)21(26)23-17-10-12-18(13-11-17)25-14-6-3-7-15-25/h4-5,8-13,16,24H,3,6-7,14-15H2,1-2H3,(H,23,26)/t16-/m1/s1. The van der Waals surface area contributed by atoms with Crippen molar-refractivity contribution < 1.29 is 22.7 Å². The van der Waals surface area contributed by atoms with E-state index < -0.39 is 28.0 Å². The molecule has 2 aromatic rings. The number of piperidine rings is 1. The van der Waals surface area contributed by atoms with E-state index in [-0.39, 0.29) is 11.3 Å². The molecule has 0 saturated carbocycles. The van der Waals surface area contributed by atoms with Gasteiger partial charge in [-0.2, -0.15) is 0 Å². The number of hydrogen-bond donors (Lipinski definition) is 2. The molecule has 9 heteroatoms. The third-order valence-corrected chi connectivity index (χ3v) is 5.54. The highest BCUT2D eigenvalue weighted by Gasteiger charge is 2.22. The van der Waals surface area contributed by atoms with Crippen molar-refractivity contribution in [2.24, 2.45) is 0 Å². The molecule has 1 aliphatic heterocycles. The van der Waals surface area contributed by atoms with Crippen LogP contribution in [0.4, 0.5) is 17.1 Å². The second-order valence-corrected chi connectivity index (χ2v) is 9.30. The summed E-state index contributed by atoms with van der Waals surface area (Å²) >= 11 is 0. The topological polar surface area (TPSA) is 105 Å². The van der Waals surface area contributed by atoms with Crippen LogP contribution in [-0.2, 0) is 19.6 Å². The predicted octanol–water partition coefficient (Wildman–Crippen LogP) is 3.23. The number of benzene rings is 2. The maximum absolute atomic E-state index is 12.5. The van der Waals surface area contributed by atoms with Crippen LogP contribution in [-0.4, -0.2) is 45.7 Å². The summed E-state index contributed by atoms with van der Waals surface area (Å²) in [5.41, 5.74) is 1.84. The van der Waals surface area contributed by atoms with Crippen molar-refractivity contribution in [1.82, 2.24) is 0 Å². The Morgan fingerprint density at radius 2 is 1.65 bits per heavy atom. The number of amides is 1. The maximum Gasteiger partial charge on any atom is 0.341 e. The largest absolute Gasteiger partial charge is 0.449 e. The molecule has 166 valence electrons.